The first kappa shape index (κ1) is 23.8. The summed E-state index contributed by atoms with van der Waals surface area (Å²) in [6, 6.07) is 7.98. The smallest absolute Gasteiger partial charge is 0.410 e. The Balaban J connectivity index is 0.000000717. The van der Waals surface area contributed by atoms with Crippen molar-refractivity contribution in [1.82, 2.24) is 9.80 Å². The molecule has 0 radical (unpaired) electrons. The Morgan fingerprint density at radius 1 is 1.00 bits per heavy atom. The van der Waals surface area contributed by atoms with Crippen molar-refractivity contribution < 1.29 is 19.1 Å². The highest BCUT2D eigenvalue weighted by atomic mass is 16.6. The molecule has 0 aromatic heterocycles. The molecule has 2 amide bonds. The highest BCUT2D eigenvalue weighted by Gasteiger charge is 2.35. The lowest BCUT2D eigenvalue weighted by atomic mass is 10.0. The summed E-state index contributed by atoms with van der Waals surface area (Å²) in [4.78, 5) is 27.1. The predicted octanol–water partition coefficient (Wildman–Crippen LogP) is 5.06. The quantitative estimate of drug-likeness (QED) is 0.703. The zero-order valence-corrected chi connectivity index (χ0v) is 18.2. The maximum Gasteiger partial charge on any atom is 0.410 e. The summed E-state index contributed by atoms with van der Waals surface area (Å²) in [6.45, 7) is 14.9. The van der Waals surface area contributed by atoms with Gasteiger partial charge in [0, 0.05) is 13.1 Å². The van der Waals surface area contributed by atoms with Crippen LogP contribution in [0.2, 0.25) is 0 Å². The first-order chi connectivity index (χ1) is 13.5. The molecular weight excluding hydrogens is 356 g/mol. The molecule has 158 valence electrons. The largest absolute Gasteiger partial charge is 0.448 e. The van der Waals surface area contributed by atoms with E-state index in [2.05, 4.69) is 27.7 Å². The van der Waals surface area contributed by atoms with Crippen molar-refractivity contribution in [2.75, 3.05) is 19.8 Å². The Morgan fingerprint density at radius 3 is 2.07 bits per heavy atom. The lowest BCUT2D eigenvalue weighted by Gasteiger charge is -2.25. The third-order valence-corrected chi connectivity index (χ3v) is 4.45. The monoisotopic (exact) mass is 392 g/mol. The Bertz CT molecular complexity index is 618. The minimum absolute atomic E-state index is 0.0901. The third kappa shape index (κ3) is 6.43. The van der Waals surface area contributed by atoms with Crippen LogP contribution in [0.25, 0.3) is 0 Å². The van der Waals surface area contributed by atoms with E-state index in [1.807, 2.05) is 38.1 Å². The van der Waals surface area contributed by atoms with Gasteiger partial charge in [-0.3, -0.25) is 4.90 Å². The van der Waals surface area contributed by atoms with Gasteiger partial charge in [0.15, 0.2) is 0 Å². The Morgan fingerprint density at radius 2 is 1.57 bits per heavy atom. The summed E-state index contributed by atoms with van der Waals surface area (Å²) in [6.07, 6.45) is 0.708. The molecular formula is C22H36N2O4. The highest BCUT2D eigenvalue weighted by Crippen LogP contribution is 2.24. The molecule has 0 bridgehead atoms. The van der Waals surface area contributed by atoms with Gasteiger partial charge in [0.2, 0.25) is 0 Å². The molecule has 2 aliphatic heterocycles. The fourth-order valence-corrected chi connectivity index (χ4v) is 3.02. The van der Waals surface area contributed by atoms with Crippen LogP contribution in [0.1, 0.15) is 59.1 Å². The molecule has 28 heavy (non-hydrogen) atoms. The average Bonchev–Trinajstić information content (AvgIpc) is 3.25. The Labute approximate surface area is 169 Å². The van der Waals surface area contributed by atoms with Gasteiger partial charge in [0.05, 0.1) is 12.6 Å². The van der Waals surface area contributed by atoms with E-state index in [1.165, 1.54) is 6.42 Å². The van der Waals surface area contributed by atoms with Crippen molar-refractivity contribution in [3.05, 3.63) is 35.4 Å². The van der Waals surface area contributed by atoms with Crippen LogP contribution in [-0.4, -0.2) is 47.8 Å². The van der Waals surface area contributed by atoms with Crippen molar-refractivity contribution in [2.24, 2.45) is 5.92 Å². The maximum absolute atomic E-state index is 12.0. The molecule has 0 spiro atoms. The van der Waals surface area contributed by atoms with Crippen LogP contribution in [0.15, 0.2) is 24.3 Å². The van der Waals surface area contributed by atoms with Crippen LogP contribution in [0.3, 0.4) is 0 Å². The maximum atomic E-state index is 12.0. The summed E-state index contributed by atoms with van der Waals surface area (Å²) in [5, 5.41) is 0. The normalized spacial score (nSPS) is 18.2. The number of amides is 2. The number of carbonyl (C=O) groups is 2. The number of nitrogens with zero attached hydrogens (tertiary/aromatic N) is 2. The van der Waals surface area contributed by atoms with Crippen molar-refractivity contribution in [3.63, 3.8) is 0 Å². The molecule has 2 fully saturated rings. The van der Waals surface area contributed by atoms with E-state index in [1.54, 1.807) is 9.80 Å². The van der Waals surface area contributed by atoms with Crippen LogP contribution < -0.4 is 0 Å². The van der Waals surface area contributed by atoms with Crippen molar-refractivity contribution >= 4 is 12.2 Å². The van der Waals surface area contributed by atoms with Gasteiger partial charge in [-0.2, -0.15) is 0 Å². The van der Waals surface area contributed by atoms with E-state index in [4.69, 9.17) is 9.47 Å². The summed E-state index contributed by atoms with van der Waals surface area (Å²) >= 11 is 0. The average molecular weight is 393 g/mol. The third-order valence-electron chi connectivity index (χ3n) is 4.45. The van der Waals surface area contributed by atoms with Gasteiger partial charge in [-0.15, -0.1) is 0 Å². The highest BCUT2D eigenvalue weighted by molar-refractivity contribution is 5.70. The van der Waals surface area contributed by atoms with Crippen LogP contribution in [0, 0.1) is 5.92 Å². The van der Waals surface area contributed by atoms with Gasteiger partial charge in [0.1, 0.15) is 13.2 Å². The predicted molar refractivity (Wildman–Crippen MR) is 111 cm³/mol. The molecule has 2 aliphatic rings. The summed E-state index contributed by atoms with van der Waals surface area (Å²) in [5.74, 6) is 0.335. The second-order valence-electron chi connectivity index (χ2n) is 7.03. The number of cyclic esters (lactones) is 2. The van der Waals surface area contributed by atoms with E-state index in [0.29, 0.717) is 38.8 Å². The Kier molecular flexibility index (Phi) is 10.4. The molecule has 0 N–H and O–H groups in total. The van der Waals surface area contributed by atoms with Gasteiger partial charge in [-0.25, -0.2) is 9.59 Å². The SMILES string of the molecule is CC.CC(C)C1COC(=O)N1Cc1ccccc1CN1CCOC1=O.CCC. The van der Waals surface area contributed by atoms with Crippen molar-refractivity contribution in [1.29, 1.82) is 0 Å². The summed E-state index contributed by atoms with van der Waals surface area (Å²) < 4.78 is 10.2. The number of carbonyl (C=O) groups excluding carboxylic acids is 2. The zero-order valence-electron chi connectivity index (χ0n) is 18.2. The van der Waals surface area contributed by atoms with E-state index in [-0.39, 0.29) is 18.2 Å². The van der Waals surface area contributed by atoms with Crippen LogP contribution in [0.4, 0.5) is 9.59 Å². The minimum atomic E-state index is -0.277. The molecule has 2 saturated heterocycles. The molecule has 0 saturated carbocycles. The Hall–Kier alpha value is -2.24. The van der Waals surface area contributed by atoms with Gasteiger partial charge in [0.25, 0.3) is 0 Å². The first-order valence-corrected chi connectivity index (χ1v) is 10.4. The van der Waals surface area contributed by atoms with Crippen LogP contribution in [0.5, 0.6) is 0 Å². The lowest BCUT2D eigenvalue weighted by Crippen LogP contribution is -2.37. The number of ether oxygens (including phenoxy) is 2. The first-order valence-electron chi connectivity index (χ1n) is 10.4. The molecule has 6 heteroatoms. The number of rotatable bonds is 5. The van der Waals surface area contributed by atoms with Gasteiger partial charge in [-0.05, 0) is 17.0 Å². The molecule has 1 unspecified atom stereocenters. The summed E-state index contributed by atoms with van der Waals surface area (Å²) in [7, 11) is 0. The minimum Gasteiger partial charge on any atom is -0.448 e. The van der Waals surface area contributed by atoms with Gasteiger partial charge >= 0.3 is 12.2 Å². The number of benzene rings is 1. The molecule has 3 rings (SSSR count). The molecule has 0 aliphatic carbocycles. The van der Waals surface area contributed by atoms with Gasteiger partial charge in [-0.1, -0.05) is 72.2 Å². The number of hydrogen-bond donors (Lipinski definition) is 0. The van der Waals surface area contributed by atoms with E-state index < -0.39 is 0 Å². The van der Waals surface area contributed by atoms with E-state index in [9.17, 15) is 9.59 Å². The van der Waals surface area contributed by atoms with Crippen LogP contribution >= 0.6 is 0 Å². The van der Waals surface area contributed by atoms with Gasteiger partial charge < -0.3 is 14.4 Å². The topological polar surface area (TPSA) is 59.1 Å². The zero-order chi connectivity index (χ0) is 21.1. The second-order valence-corrected chi connectivity index (χ2v) is 7.03. The molecule has 6 nitrogen and oxygen atoms in total. The van der Waals surface area contributed by atoms with Crippen molar-refractivity contribution in [2.45, 2.75) is 67.1 Å². The van der Waals surface area contributed by atoms with Crippen molar-refractivity contribution in [3.8, 4) is 0 Å². The molecule has 2 heterocycles. The standard InChI is InChI=1S/C17H22N2O4.C3H8.C2H6/c1-12(2)15-11-23-17(21)19(15)10-14-6-4-3-5-13(14)9-18-7-8-22-16(18)20;1-3-2;1-2/h3-6,12,15H,7-11H2,1-2H3;3H2,1-2H3;1-2H3. The lowest BCUT2D eigenvalue weighted by molar-refractivity contribution is 0.153. The second kappa shape index (κ2) is 12.3. The van der Waals surface area contributed by atoms with Crippen LogP contribution in [-0.2, 0) is 22.6 Å². The molecule has 1 atom stereocenters. The fourth-order valence-electron chi connectivity index (χ4n) is 3.02. The van der Waals surface area contributed by atoms with E-state index in [0.717, 1.165) is 11.1 Å². The molecule has 1 aromatic rings. The summed E-state index contributed by atoms with van der Waals surface area (Å²) in [5.41, 5.74) is 2.07. The molecule has 1 aromatic carbocycles. The number of hydrogen-bond acceptors (Lipinski definition) is 4. The van der Waals surface area contributed by atoms with E-state index >= 15 is 0 Å². The fraction of sp³-hybridized carbons (Fsp3) is 0.636.